The lowest BCUT2D eigenvalue weighted by atomic mass is 10.2. The van der Waals surface area contributed by atoms with Crippen LogP contribution in [0.15, 0.2) is 18.3 Å². The third-order valence-electron chi connectivity index (χ3n) is 2.60. The summed E-state index contributed by atoms with van der Waals surface area (Å²) in [5.74, 6) is -0.383. The Morgan fingerprint density at radius 1 is 1.59 bits per heavy atom. The molecule has 0 radical (unpaired) electrons. The van der Waals surface area contributed by atoms with Crippen molar-refractivity contribution in [2.24, 2.45) is 0 Å². The molecule has 0 unspecified atom stereocenters. The first-order valence-corrected chi connectivity index (χ1v) is 5.46. The van der Waals surface area contributed by atoms with Gasteiger partial charge in [-0.05, 0) is 18.6 Å². The molecular weight excluding hydrogens is 220 g/mol. The number of aromatic carboxylic acids is 1. The fourth-order valence-electron chi connectivity index (χ4n) is 1.89. The Balaban J connectivity index is 2.74. The summed E-state index contributed by atoms with van der Waals surface area (Å²) in [6.07, 6.45) is 3.19. The largest absolute Gasteiger partial charge is 0.493 e. The quantitative estimate of drug-likeness (QED) is 0.878. The molecule has 0 aliphatic rings. The highest BCUT2D eigenvalue weighted by Gasteiger charge is 2.19. The predicted molar refractivity (Wildman–Crippen MR) is 62.7 cm³/mol. The number of rotatable bonds is 4. The Kier molecular flexibility index (Phi) is 2.99. The van der Waals surface area contributed by atoms with E-state index in [1.807, 2.05) is 6.92 Å². The number of nitrogens with zero attached hydrogens (tertiary/aromatic N) is 2. The number of hydrogen-bond acceptors (Lipinski definition) is 3. The third-order valence-corrected chi connectivity index (χ3v) is 2.60. The second-order valence-corrected chi connectivity index (χ2v) is 3.73. The van der Waals surface area contributed by atoms with Gasteiger partial charge in [0, 0.05) is 6.20 Å². The number of carboxylic acids is 1. The lowest BCUT2D eigenvalue weighted by Gasteiger charge is -2.01. The third kappa shape index (κ3) is 1.84. The molecule has 0 saturated heterocycles. The first-order chi connectivity index (χ1) is 8.19. The van der Waals surface area contributed by atoms with E-state index in [1.54, 1.807) is 29.8 Å². The minimum Gasteiger partial charge on any atom is -0.493 e. The van der Waals surface area contributed by atoms with Crippen LogP contribution < -0.4 is 4.74 Å². The maximum Gasteiger partial charge on any atom is 0.354 e. The van der Waals surface area contributed by atoms with Crippen LogP contribution in [-0.2, 0) is 6.42 Å². The van der Waals surface area contributed by atoms with E-state index >= 15 is 0 Å². The second kappa shape index (κ2) is 4.45. The molecule has 2 aromatic heterocycles. The van der Waals surface area contributed by atoms with E-state index in [4.69, 9.17) is 4.74 Å². The monoisotopic (exact) mass is 234 g/mol. The van der Waals surface area contributed by atoms with Crippen LogP contribution in [0.2, 0.25) is 0 Å². The molecule has 0 atom stereocenters. The molecule has 2 rings (SSSR count). The first kappa shape index (κ1) is 11.4. The zero-order valence-corrected chi connectivity index (χ0v) is 9.80. The number of carboxylic acid groups (broad SMARTS) is 1. The number of ether oxygens (including phenoxy) is 1. The van der Waals surface area contributed by atoms with Gasteiger partial charge in [0.2, 0.25) is 0 Å². The molecule has 5 nitrogen and oxygen atoms in total. The van der Waals surface area contributed by atoms with Crippen molar-refractivity contribution in [2.45, 2.75) is 19.8 Å². The van der Waals surface area contributed by atoms with Gasteiger partial charge in [0.15, 0.2) is 17.1 Å². The van der Waals surface area contributed by atoms with Crippen LogP contribution >= 0.6 is 0 Å². The topological polar surface area (TPSA) is 63.8 Å². The Bertz CT molecular complexity index is 560. The van der Waals surface area contributed by atoms with E-state index in [2.05, 4.69) is 4.98 Å². The number of aryl methyl sites for hydroxylation is 1. The van der Waals surface area contributed by atoms with Gasteiger partial charge in [0.25, 0.3) is 0 Å². The molecule has 0 saturated carbocycles. The Morgan fingerprint density at radius 2 is 2.35 bits per heavy atom. The van der Waals surface area contributed by atoms with Gasteiger partial charge in [0.05, 0.1) is 12.8 Å². The summed E-state index contributed by atoms with van der Waals surface area (Å²) in [6.45, 7) is 1.99. The standard InChI is InChI=1S/C12H14N2O3/c1-3-5-8-10(12(15)16)14-7-4-6-9(17-2)11(14)13-8/h4,6-7H,3,5H2,1-2H3,(H,15,16). The highest BCUT2D eigenvalue weighted by molar-refractivity contribution is 5.88. The van der Waals surface area contributed by atoms with Gasteiger partial charge < -0.3 is 9.84 Å². The minimum atomic E-state index is -0.964. The lowest BCUT2D eigenvalue weighted by Crippen LogP contribution is -2.05. The zero-order valence-electron chi connectivity index (χ0n) is 9.80. The van der Waals surface area contributed by atoms with Crippen molar-refractivity contribution < 1.29 is 14.6 Å². The lowest BCUT2D eigenvalue weighted by molar-refractivity contribution is 0.0688. The molecule has 0 fully saturated rings. The van der Waals surface area contributed by atoms with Crippen molar-refractivity contribution in [3.8, 4) is 5.75 Å². The summed E-state index contributed by atoms with van der Waals surface area (Å²) in [5.41, 5.74) is 1.38. The number of aromatic nitrogens is 2. The molecular formula is C12H14N2O3. The van der Waals surface area contributed by atoms with Crippen LogP contribution in [0, 0.1) is 0 Å². The van der Waals surface area contributed by atoms with E-state index < -0.39 is 5.97 Å². The molecule has 0 amide bonds. The highest BCUT2D eigenvalue weighted by atomic mass is 16.5. The number of carbonyl (C=O) groups is 1. The summed E-state index contributed by atoms with van der Waals surface area (Å²) in [4.78, 5) is 15.6. The molecule has 0 bridgehead atoms. The molecule has 90 valence electrons. The summed E-state index contributed by atoms with van der Waals surface area (Å²) < 4.78 is 6.74. The molecule has 2 heterocycles. The van der Waals surface area contributed by atoms with E-state index in [-0.39, 0.29) is 5.69 Å². The minimum absolute atomic E-state index is 0.223. The van der Waals surface area contributed by atoms with Gasteiger partial charge in [-0.25, -0.2) is 9.78 Å². The van der Waals surface area contributed by atoms with Crippen LogP contribution in [-0.4, -0.2) is 27.6 Å². The summed E-state index contributed by atoms with van der Waals surface area (Å²) >= 11 is 0. The number of pyridine rings is 1. The fourth-order valence-corrected chi connectivity index (χ4v) is 1.89. The molecule has 5 heteroatoms. The van der Waals surface area contributed by atoms with Crippen molar-refractivity contribution in [2.75, 3.05) is 7.11 Å². The molecule has 1 N–H and O–H groups in total. The second-order valence-electron chi connectivity index (χ2n) is 3.73. The van der Waals surface area contributed by atoms with Crippen LogP contribution in [0.25, 0.3) is 5.65 Å². The molecule has 0 aliphatic heterocycles. The number of fused-ring (bicyclic) bond motifs is 1. The van der Waals surface area contributed by atoms with Crippen LogP contribution in [0.3, 0.4) is 0 Å². The summed E-state index contributed by atoms with van der Waals surface area (Å²) in [5, 5.41) is 9.24. The average molecular weight is 234 g/mol. The van der Waals surface area contributed by atoms with Crippen molar-refractivity contribution in [1.82, 2.24) is 9.38 Å². The fraction of sp³-hybridized carbons (Fsp3) is 0.333. The van der Waals surface area contributed by atoms with Gasteiger partial charge in [-0.15, -0.1) is 0 Å². The zero-order chi connectivity index (χ0) is 12.4. The van der Waals surface area contributed by atoms with Crippen LogP contribution in [0.5, 0.6) is 5.75 Å². The van der Waals surface area contributed by atoms with Crippen LogP contribution in [0.4, 0.5) is 0 Å². The normalized spacial score (nSPS) is 10.7. The van der Waals surface area contributed by atoms with Gasteiger partial charge >= 0.3 is 5.97 Å². The first-order valence-electron chi connectivity index (χ1n) is 5.46. The SMILES string of the molecule is CCCc1nc2c(OC)cccn2c1C(=O)O. The maximum atomic E-state index is 11.3. The van der Waals surface area contributed by atoms with Crippen LogP contribution in [0.1, 0.15) is 29.5 Å². The van der Waals surface area contributed by atoms with Gasteiger partial charge in [-0.2, -0.15) is 0 Å². The van der Waals surface area contributed by atoms with Gasteiger partial charge in [-0.3, -0.25) is 4.40 Å². The Hall–Kier alpha value is -2.04. The number of imidazole rings is 1. The molecule has 0 aromatic carbocycles. The molecule has 0 spiro atoms. The Morgan fingerprint density at radius 3 is 2.94 bits per heavy atom. The maximum absolute atomic E-state index is 11.3. The Labute approximate surface area is 98.7 Å². The number of hydrogen-bond donors (Lipinski definition) is 1. The smallest absolute Gasteiger partial charge is 0.354 e. The van der Waals surface area contributed by atoms with Crippen molar-refractivity contribution in [1.29, 1.82) is 0 Å². The van der Waals surface area contributed by atoms with Gasteiger partial charge in [-0.1, -0.05) is 13.3 Å². The van der Waals surface area contributed by atoms with E-state index in [9.17, 15) is 9.90 Å². The molecule has 0 aliphatic carbocycles. The van der Waals surface area contributed by atoms with E-state index in [0.717, 1.165) is 6.42 Å². The van der Waals surface area contributed by atoms with E-state index in [0.29, 0.717) is 23.5 Å². The van der Waals surface area contributed by atoms with Crippen molar-refractivity contribution in [3.05, 3.63) is 29.7 Å². The van der Waals surface area contributed by atoms with Crippen molar-refractivity contribution >= 4 is 11.6 Å². The predicted octanol–water partition coefficient (Wildman–Crippen LogP) is 1.99. The molecule has 2 aromatic rings. The highest BCUT2D eigenvalue weighted by Crippen LogP contribution is 2.22. The molecule has 17 heavy (non-hydrogen) atoms. The summed E-state index contributed by atoms with van der Waals surface area (Å²) in [7, 11) is 1.55. The van der Waals surface area contributed by atoms with Gasteiger partial charge in [0.1, 0.15) is 0 Å². The number of methoxy groups -OCH3 is 1. The summed E-state index contributed by atoms with van der Waals surface area (Å²) in [6, 6.07) is 3.51. The van der Waals surface area contributed by atoms with Crippen molar-refractivity contribution in [3.63, 3.8) is 0 Å². The average Bonchev–Trinajstić information content (AvgIpc) is 2.67. The van der Waals surface area contributed by atoms with E-state index in [1.165, 1.54) is 0 Å².